The molecule has 1 saturated heterocycles. The molecule has 2 aromatic carbocycles. The number of hydrogen-bond donors (Lipinski definition) is 1. The second kappa shape index (κ2) is 9.67. The van der Waals surface area contributed by atoms with Crippen LogP contribution in [0.4, 0.5) is 0 Å². The molecule has 6 heteroatoms. The average Bonchev–Trinajstić information content (AvgIpc) is 2.72. The van der Waals surface area contributed by atoms with Crippen molar-refractivity contribution < 1.29 is 19.0 Å². The van der Waals surface area contributed by atoms with Crippen LogP contribution in [0.3, 0.4) is 0 Å². The van der Waals surface area contributed by atoms with Crippen LogP contribution < -0.4 is 14.8 Å². The Labute approximate surface area is 164 Å². The molecule has 5 nitrogen and oxygen atoms in total. The maximum absolute atomic E-state index is 12.3. The maximum Gasteiger partial charge on any atom is 0.257 e. The van der Waals surface area contributed by atoms with Crippen molar-refractivity contribution in [2.24, 2.45) is 0 Å². The lowest BCUT2D eigenvalue weighted by Gasteiger charge is -2.36. The summed E-state index contributed by atoms with van der Waals surface area (Å²) in [7, 11) is 1.60. The predicted molar refractivity (Wildman–Crippen MR) is 107 cm³/mol. The topological polar surface area (TPSA) is 56.8 Å². The van der Waals surface area contributed by atoms with Gasteiger partial charge in [0.05, 0.1) is 7.11 Å². The minimum absolute atomic E-state index is 0.0181. The minimum atomic E-state index is -0.127. The lowest BCUT2D eigenvalue weighted by atomic mass is 9.99. The normalized spacial score (nSPS) is 15.7. The van der Waals surface area contributed by atoms with Gasteiger partial charge in [0.25, 0.3) is 5.91 Å². The van der Waals surface area contributed by atoms with E-state index in [0.717, 1.165) is 26.1 Å². The number of thioether (sulfide) groups is 1. The molecule has 144 valence electrons. The number of hydrogen-bond acceptors (Lipinski definition) is 5. The van der Waals surface area contributed by atoms with Crippen LogP contribution in [0, 0.1) is 0 Å². The molecule has 0 radical (unpaired) electrons. The molecule has 0 spiro atoms. The van der Waals surface area contributed by atoms with E-state index in [-0.39, 0.29) is 17.3 Å². The van der Waals surface area contributed by atoms with E-state index in [9.17, 15) is 4.79 Å². The fourth-order valence-corrected chi connectivity index (χ4v) is 4.26. The summed E-state index contributed by atoms with van der Waals surface area (Å²) >= 11 is 1.82. The molecule has 1 heterocycles. The Hall–Kier alpha value is -2.18. The lowest BCUT2D eigenvalue weighted by Crippen LogP contribution is -2.45. The van der Waals surface area contributed by atoms with Gasteiger partial charge in [0.2, 0.25) is 0 Å². The van der Waals surface area contributed by atoms with E-state index in [0.29, 0.717) is 18.0 Å². The summed E-state index contributed by atoms with van der Waals surface area (Å²) in [6.45, 7) is 2.01. The second-order valence-corrected chi connectivity index (χ2v) is 8.00. The summed E-state index contributed by atoms with van der Waals surface area (Å²) in [6, 6.07) is 17.5. The number of rotatable bonds is 8. The molecule has 1 aliphatic heterocycles. The molecule has 0 bridgehead atoms. The van der Waals surface area contributed by atoms with Gasteiger partial charge in [-0.2, -0.15) is 0 Å². The van der Waals surface area contributed by atoms with E-state index in [1.165, 1.54) is 4.90 Å². The highest BCUT2D eigenvalue weighted by molar-refractivity contribution is 8.00. The summed E-state index contributed by atoms with van der Waals surface area (Å²) < 4.78 is 16.2. The standard InChI is InChI=1S/C21H25NO4S/c1-24-17-6-5-7-18(14-17)26-15-20(23)22-16-21(10-12-25-13-11-21)27-19-8-3-2-4-9-19/h2-9,14H,10-13,15-16H2,1H3,(H,22,23). The van der Waals surface area contributed by atoms with Gasteiger partial charge in [-0.15, -0.1) is 11.8 Å². The molecule has 1 amide bonds. The largest absolute Gasteiger partial charge is 0.497 e. The fraction of sp³-hybridized carbons (Fsp3) is 0.381. The molecule has 27 heavy (non-hydrogen) atoms. The quantitative estimate of drug-likeness (QED) is 0.751. The summed E-state index contributed by atoms with van der Waals surface area (Å²) in [6.07, 6.45) is 1.81. The Balaban J connectivity index is 1.54. The van der Waals surface area contributed by atoms with Gasteiger partial charge in [-0.05, 0) is 37.1 Å². The molecule has 1 N–H and O–H groups in total. The van der Waals surface area contributed by atoms with Gasteiger partial charge in [0, 0.05) is 35.5 Å². The molecule has 0 unspecified atom stereocenters. The Morgan fingerprint density at radius 1 is 1.11 bits per heavy atom. The van der Waals surface area contributed by atoms with Gasteiger partial charge < -0.3 is 19.5 Å². The van der Waals surface area contributed by atoms with Crippen LogP contribution in [-0.2, 0) is 9.53 Å². The van der Waals surface area contributed by atoms with Crippen LogP contribution in [0.1, 0.15) is 12.8 Å². The van der Waals surface area contributed by atoms with Crippen molar-refractivity contribution in [3.05, 3.63) is 54.6 Å². The molecule has 3 rings (SSSR count). The van der Waals surface area contributed by atoms with Crippen molar-refractivity contribution in [3.63, 3.8) is 0 Å². The average molecular weight is 388 g/mol. The first-order valence-corrected chi connectivity index (χ1v) is 9.86. The van der Waals surface area contributed by atoms with E-state index in [1.54, 1.807) is 19.2 Å². The van der Waals surface area contributed by atoms with Crippen LogP contribution in [-0.4, -0.2) is 44.1 Å². The van der Waals surface area contributed by atoms with Crippen LogP contribution in [0.2, 0.25) is 0 Å². The first-order valence-electron chi connectivity index (χ1n) is 9.04. The van der Waals surface area contributed by atoms with E-state index in [2.05, 4.69) is 17.4 Å². The predicted octanol–water partition coefficient (Wildman–Crippen LogP) is 3.53. The Morgan fingerprint density at radius 2 is 1.85 bits per heavy atom. The first kappa shape index (κ1) is 19.6. The zero-order valence-electron chi connectivity index (χ0n) is 15.5. The minimum Gasteiger partial charge on any atom is -0.497 e. The monoisotopic (exact) mass is 387 g/mol. The van der Waals surface area contributed by atoms with Gasteiger partial charge in [-0.1, -0.05) is 24.3 Å². The third kappa shape index (κ3) is 5.91. The van der Waals surface area contributed by atoms with Crippen LogP contribution >= 0.6 is 11.8 Å². The second-order valence-electron chi connectivity index (χ2n) is 6.45. The fourth-order valence-electron chi connectivity index (χ4n) is 2.95. The van der Waals surface area contributed by atoms with Crippen molar-refractivity contribution >= 4 is 17.7 Å². The van der Waals surface area contributed by atoms with Crippen molar-refractivity contribution in [1.29, 1.82) is 0 Å². The van der Waals surface area contributed by atoms with Crippen molar-refractivity contribution in [2.75, 3.05) is 33.5 Å². The highest BCUT2D eigenvalue weighted by Crippen LogP contribution is 2.40. The van der Waals surface area contributed by atoms with Crippen LogP contribution in [0.15, 0.2) is 59.5 Å². The summed E-state index contributed by atoms with van der Waals surface area (Å²) in [5.74, 6) is 1.19. The summed E-state index contributed by atoms with van der Waals surface area (Å²) in [5, 5.41) is 3.04. The third-order valence-electron chi connectivity index (χ3n) is 4.50. The number of carbonyl (C=O) groups is 1. The van der Waals surface area contributed by atoms with E-state index < -0.39 is 0 Å². The third-order valence-corrected chi connectivity index (χ3v) is 5.99. The molecule has 1 fully saturated rings. The SMILES string of the molecule is COc1cccc(OCC(=O)NCC2(Sc3ccccc3)CCOCC2)c1. The number of amides is 1. The van der Waals surface area contributed by atoms with Gasteiger partial charge in [-0.3, -0.25) is 4.79 Å². The molecule has 2 aromatic rings. The lowest BCUT2D eigenvalue weighted by molar-refractivity contribution is -0.123. The zero-order valence-corrected chi connectivity index (χ0v) is 16.3. The van der Waals surface area contributed by atoms with Gasteiger partial charge in [0.1, 0.15) is 11.5 Å². The Morgan fingerprint density at radius 3 is 2.59 bits per heavy atom. The van der Waals surface area contributed by atoms with Crippen molar-refractivity contribution in [3.8, 4) is 11.5 Å². The van der Waals surface area contributed by atoms with Gasteiger partial charge >= 0.3 is 0 Å². The number of ether oxygens (including phenoxy) is 3. The number of nitrogens with one attached hydrogen (secondary N) is 1. The summed E-state index contributed by atoms with van der Waals surface area (Å²) in [5.41, 5.74) is 0. The Kier molecular flexibility index (Phi) is 7.01. The van der Waals surface area contributed by atoms with Gasteiger partial charge in [0.15, 0.2) is 6.61 Å². The highest BCUT2D eigenvalue weighted by atomic mass is 32.2. The van der Waals surface area contributed by atoms with Gasteiger partial charge in [-0.25, -0.2) is 0 Å². The smallest absolute Gasteiger partial charge is 0.257 e. The summed E-state index contributed by atoms with van der Waals surface area (Å²) in [4.78, 5) is 13.5. The molecular formula is C21H25NO4S. The maximum atomic E-state index is 12.3. The van der Waals surface area contributed by atoms with E-state index in [4.69, 9.17) is 14.2 Å². The molecule has 0 aliphatic carbocycles. The molecule has 0 aromatic heterocycles. The molecule has 0 atom stereocenters. The number of benzene rings is 2. The first-order chi connectivity index (χ1) is 13.2. The van der Waals surface area contributed by atoms with Crippen molar-refractivity contribution in [1.82, 2.24) is 5.32 Å². The Bertz CT molecular complexity index is 732. The highest BCUT2D eigenvalue weighted by Gasteiger charge is 2.34. The zero-order chi connectivity index (χ0) is 19.0. The molecule has 0 saturated carbocycles. The van der Waals surface area contributed by atoms with E-state index >= 15 is 0 Å². The van der Waals surface area contributed by atoms with Crippen LogP contribution in [0.5, 0.6) is 11.5 Å². The van der Waals surface area contributed by atoms with E-state index in [1.807, 2.05) is 42.1 Å². The molecule has 1 aliphatic rings. The van der Waals surface area contributed by atoms with Crippen LogP contribution in [0.25, 0.3) is 0 Å². The van der Waals surface area contributed by atoms with Crippen molar-refractivity contribution in [2.45, 2.75) is 22.5 Å². The number of carbonyl (C=O) groups excluding carboxylic acids is 1. The number of methoxy groups -OCH3 is 1. The molecular weight excluding hydrogens is 362 g/mol.